The first-order valence-electron chi connectivity index (χ1n) is 11.6. The fourth-order valence-electron chi connectivity index (χ4n) is 4.26. The minimum atomic E-state index is -3.86. The second kappa shape index (κ2) is 10.00. The highest BCUT2D eigenvalue weighted by Gasteiger charge is 2.26. The highest BCUT2D eigenvalue weighted by atomic mass is 32.2. The van der Waals surface area contributed by atoms with E-state index in [-0.39, 0.29) is 10.8 Å². The highest BCUT2D eigenvalue weighted by molar-refractivity contribution is 7.92. The first-order valence-corrected chi connectivity index (χ1v) is 13.1. The van der Waals surface area contributed by atoms with Crippen LogP contribution < -0.4 is 14.4 Å². The molecule has 0 bridgehead atoms. The topological polar surface area (TPSA) is 79.0 Å². The predicted molar refractivity (Wildman–Crippen MR) is 139 cm³/mol. The van der Waals surface area contributed by atoms with Gasteiger partial charge in [-0.15, -0.1) is 0 Å². The van der Waals surface area contributed by atoms with E-state index < -0.39 is 10.0 Å². The van der Waals surface area contributed by atoms with Gasteiger partial charge in [0.25, 0.3) is 15.9 Å². The molecule has 0 radical (unpaired) electrons. The van der Waals surface area contributed by atoms with E-state index in [4.69, 9.17) is 4.74 Å². The number of para-hydroxylation sites is 2. The molecular formula is C27H31N3O4S. The summed E-state index contributed by atoms with van der Waals surface area (Å²) in [6.07, 6.45) is 0. The minimum absolute atomic E-state index is 0.106. The average Bonchev–Trinajstić information content (AvgIpc) is 2.86. The van der Waals surface area contributed by atoms with Crippen LogP contribution in [-0.4, -0.2) is 52.5 Å². The maximum absolute atomic E-state index is 13.3. The van der Waals surface area contributed by atoms with Crippen molar-refractivity contribution < 1.29 is 17.9 Å². The standard InChI is InChI=1S/C27H31N3O4S/c1-19-10-12-23(17-21(19)3)28-35(32,33)26-18-22(11-9-20(26)2)27(31)30-15-13-29(14-16-30)24-7-5-6-8-25(24)34-4/h5-12,17-18,28H,13-16H2,1-4H3. The van der Waals surface area contributed by atoms with Gasteiger partial charge in [-0.05, 0) is 73.9 Å². The van der Waals surface area contributed by atoms with Crippen molar-refractivity contribution in [3.8, 4) is 5.75 Å². The number of benzene rings is 3. The molecule has 0 aliphatic carbocycles. The molecule has 4 rings (SSSR count). The van der Waals surface area contributed by atoms with E-state index in [0.717, 1.165) is 22.6 Å². The molecule has 8 heteroatoms. The number of rotatable bonds is 6. The van der Waals surface area contributed by atoms with E-state index in [0.29, 0.717) is 43.0 Å². The number of carbonyl (C=O) groups is 1. The number of sulfonamides is 1. The number of nitrogens with one attached hydrogen (secondary N) is 1. The SMILES string of the molecule is COc1ccccc1N1CCN(C(=O)c2ccc(C)c(S(=O)(=O)Nc3ccc(C)c(C)c3)c2)CC1. The molecule has 3 aromatic rings. The Kier molecular flexibility index (Phi) is 7.03. The lowest BCUT2D eigenvalue weighted by atomic mass is 10.1. The van der Waals surface area contributed by atoms with Crippen LogP contribution in [0.15, 0.2) is 65.6 Å². The fourth-order valence-corrected chi connectivity index (χ4v) is 5.58. The Morgan fingerprint density at radius 2 is 1.54 bits per heavy atom. The molecule has 35 heavy (non-hydrogen) atoms. The number of nitrogens with zero attached hydrogens (tertiary/aromatic N) is 2. The van der Waals surface area contributed by atoms with Crippen molar-refractivity contribution in [1.29, 1.82) is 0 Å². The number of aryl methyl sites for hydroxylation is 3. The van der Waals surface area contributed by atoms with Crippen molar-refractivity contribution in [1.82, 2.24) is 4.90 Å². The van der Waals surface area contributed by atoms with Crippen LogP contribution in [0.5, 0.6) is 5.75 Å². The molecule has 0 aromatic heterocycles. The van der Waals surface area contributed by atoms with Crippen molar-refractivity contribution in [3.63, 3.8) is 0 Å². The highest BCUT2D eigenvalue weighted by Crippen LogP contribution is 2.29. The number of anilines is 2. The van der Waals surface area contributed by atoms with E-state index in [1.165, 1.54) is 6.07 Å². The molecule has 1 amide bonds. The van der Waals surface area contributed by atoms with E-state index >= 15 is 0 Å². The van der Waals surface area contributed by atoms with Gasteiger partial charge in [0.2, 0.25) is 0 Å². The molecule has 0 unspecified atom stereocenters. The van der Waals surface area contributed by atoms with Crippen molar-refractivity contribution in [2.24, 2.45) is 0 Å². The molecule has 1 aliphatic rings. The van der Waals surface area contributed by atoms with Gasteiger partial charge in [0.1, 0.15) is 5.75 Å². The Morgan fingerprint density at radius 1 is 0.857 bits per heavy atom. The smallest absolute Gasteiger partial charge is 0.262 e. The lowest BCUT2D eigenvalue weighted by Crippen LogP contribution is -2.48. The van der Waals surface area contributed by atoms with Crippen LogP contribution >= 0.6 is 0 Å². The normalized spacial score (nSPS) is 14.1. The van der Waals surface area contributed by atoms with E-state index in [9.17, 15) is 13.2 Å². The van der Waals surface area contributed by atoms with Gasteiger partial charge >= 0.3 is 0 Å². The predicted octanol–water partition coefficient (Wildman–Crippen LogP) is 4.38. The summed E-state index contributed by atoms with van der Waals surface area (Å²) >= 11 is 0. The molecule has 7 nitrogen and oxygen atoms in total. The number of piperazine rings is 1. The third kappa shape index (κ3) is 5.27. The van der Waals surface area contributed by atoms with Gasteiger partial charge in [-0.3, -0.25) is 9.52 Å². The second-order valence-corrected chi connectivity index (χ2v) is 10.5. The quantitative estimate of drug-likeness (QED) is 0.551. The van der Waals surface area contributed by atoms with Crippen molar-refractivity contribution in [3.05, 3.63) is 82.9 Å². The number of amides is 1. The lowest BCUT2D eigenvalue weighted by Gasteiger charge is -2.36. The van der Waals surface area contributed by atoms with Crippen LogP contribution in [-0.2, 0) is 10.0 Å². The van der Waals surface area contributed by atoms with E-state index in [1.807, 2.05) is 44.2 Å². The molecule has 1 N–H and O–H groups in total. The average molecular weight is 494 g/mol. The number of ether oxygens (including phenoxy) is 1. The molecule has 1 heterocycles. The Bertz CT molecular complexity index is 1350. The van der Waals surface area contributed by atoms with Gasteiger partial charge < -0.3 is 14.5 Å². The van der Waals surface area contributed by atoms with Crippen molar-refractivity contribution >= 4 is 27.3 Å². The zero-order chi connectivity index (χ0) is 25.2. The second-order valence-electron chi connectivity index (χ2n) is 8.84. The zero-order valence-corrected chi connectivity index (χ0v) is 21.4. The van der Waals surface area contributed by atoms with Crippen molar-refractivity contribution in [2.45, 2.75) is 25.7 Å². The number of hydrogen-bond donors (Lipinski definition) is 1. The monoisotopic (exact) mass is 493 g/mol. The summed E-state index contributed by atoms with van der Waals surface area (Å²) in [6, 6.07) is 18.1. The first kappa shape index (κ1) is 24.6. The van der Waals surface area contributed by atoms with Gasteiger partial charge in [-0.1, -0.05) is 24.3 Å². The van der Waals surface area contributed by atoms with Crippen LogP contribution in [0.25, 0.3) is 0 Å². The van der Waals surface area contributed by atoms with E-state index in [2.05, 4.69) is 9.62 Å². The molecule has 184 valence electrons. The summed E-state index contributed by atoms with van der Waals surface area (Å²) in [5.74, 6) is 0.629. The zero-order valence-electron chi connectivity index (χ0n) is 20.5. The summed E-state index contributed by atoms with van der Waals surface area (Å²) in [5.41, 5.74) is 4.53. The number of hydrogen-bond acceptors (Lipinski definition) is 5. The van der Waals surface area contributed by atoms with Crippen LogP contribution in [0.2, 0.25) is 0 Å². The van der Waals surface area contributed by atoms with Gasteiger partial charge in [0.15, 0.2) is 0 Å². The summed E-state index contributed by atoms with van der Waals surface area (Å²) in [4.78, 5) is 17.3. The molecule has 0 saturated carbocycles. The number of carbonyl (C=O) groups excluding carboxylic acids is 1. The van der Waals surface area contributed by atoms with Crippen LogP contribution in [0.1, 0.15) is 27.0 Å². The van der Waals surface area contributed by atoms with Gasteiger partial charge in [-0.2, -0.15) is 0 Å². The Morgan fingerprint density at radius 3 is 2.23 bits per heavy atom. The molecule has 0 spiro atoms. The van der Waals surface area contributed by atoms with Crippen molar-refractivity contribution in [2.75, 3.05) is 42.9 Å². The van der Waals surface area contributed by atoms with Gasteiger partial charge in [0.05, 0.1) is 17.7 Å². The van der Waals surface area contributed by atoms with E-state index in [1.54, 1.807) is 43.2 Å². The summed E-state index contributed by atoms with van der Waals surface area (Å²) in [7, 11) is -2.21. The minimum Gasteiger partial charge on any atom is -0.495 e. The third-order valence-corrected chi connectivity index (χ3v) is 8.00. The largest absolute Gasteiger partial charge is 0.495 e. The molecule has 3 aromatic carbocycles. The van der Waals surface area contributed by atoms with Gasteiger partial charge in [-0.25, -0.2) is 8.42 Å². The number of methoxy groups -OCH3 is 1. The first-order chi connectivity index (χ1) is 16.7. The van der Waals surface area contributed by atoms with Crippen LogP contribution in [0.4, 0.5) is 11.4 Å². The molecule has 0 atom stereocenters. The maximum Gasteiger partial charge on any atom is 0.262 e. The Balaban J connectivity index is 1.50. The Labute approximate surface area is 207 Å². The summed E-state index contributed by atoms with van der Waals surface area (Å²) in [5, 5.41) is 0. The summed E-state index contributed by atoms with van der Waals surface area (Å²) in [6.45, 7) is 8.04. The van der Waals surface area contributed by atoms with Crippen LogP contribution in [0.3, 0.4) is 0 Å². The summed E-state index contributed by atoms with van der Waals surface area (Å²) < 4.78 is 34.5. The molecule has 1 saturated heterocycles. The Hall–Kier alpha value is -3.52. The maximum atomic E-state index is 13.3. The van der Waals surface area contributed by atoms with Crippen LogP contribution in [0, 0.1) is 20.8 Å². The third-order valence-electron chi connectivity index (χ3n) is 6.48. The lowest BCUT2D eigenvalue weighted by molar-refractivity contribution is 0.0746. The fraction of sp³-hybridized carbons (Fsp3) is 0.296. The molecular weight excluding hydrogens is 462 g/mol. The van der Waals surface area contributed by atoms with Gasteiger partial charge in [0, 0.05) is 37.4 Å². The molecule has 1 aliphatic heterocycles. The molecule has 1 fully saturated rings.